The van der Waals surface area contributed by atoms with Crippen LogP contribution in [0.5, 0.6) is 0 Å². The van der Waals surface area contributed by atoms with Crippen LogP contribution in [0.25, 0.3) is 0 Å². The predicted molar refractivity (Wildman–Crippen MR) is 92.1 cm³/mol. The van der Waals surface area contributed by atoms with Crippen LogP contribution in [-0.2, 0) is 20.7 Å². The number of ether oxygens (including phenoxy) is 1. The zero-order valence-electron chi connectivity index (χ0n) is 14.7. The second-order valence-corrected chi connectivity index (χ2v) is 7.20. The van der Waals surface area contributed by atoms with Crippen molar-refractivity contribution in [3.63, 3.8) is 0 Å². The molecule has 4 amide bonds. The topological polar surface area (TPSA) is 131 Å². The molecule has 0 aliphatic carbocycles. The Balaban J connectivity index is 1.92. The molecule has 10 nitrogen and oxygen atoms in total. The van der Waals surface area contributed by atoms with Crippen molar-refractivity contribution in [1.82, 2.24) is 10.6 Å². The van der Waals surface area contributed by atoms with Gasteiger partial charge in [0.15, 0.2) is 5.41 Å². The fraction of sp³-hybridized carbons (Fsp3) is 0.471. The summed E-state index contributed by atoms with van der Waals surface area (Å²) in [6.07, 6.45) is -0.689. The number of urea groups is 1. The van der Waals surface area contributed by atoms with Crippen LogP contribution in [0.4, 0.5) is 16.2 Å². The van der Waals surface area contributed by atoms with Gasteiger partial charge in [0.25, 0.3) is 5.69 Å². The van der Waals surface area contributed by atoms with Crippen LogP contribution in [0.1, 0.15) is 19.4 Å². The molecule has 3 aliphatic heterocycles. The van der Waals surface area contributed by atoms with E-state index in [4.69, 9.17) is 4.74 Å². The number of morpholine rings is 1. The molecular weight excluding hydrogens is 356 g/mol. The molecule has 0 radical (unpaired) electrons. The number of hydrogen-bond acceptors (Lipinski definition) is 7. The highest BCUT2D eigenvalue weighted by molar-refractivity contribution is 6.20. The number of non-ortho nitro benzene ring substituents is 1. The molecule has 3 heterocycles. The normalized spacial score (nSPS) is 28.9. The first-order chi connectivity index (χ1) is 12.7. The Labute approximate surface area is 154 Å². The number of anilines is 1. The number of rotatable bonds is 1. The van der Waals surface area contributed by atoms with Crippen molar-refractivity contribution < 1.29 is 24.0 Å². The Bertz CT molecular complexity index is 864. The standard InChI is InChI=1S/C17H18N4O6/c1-8-7-20-12-4-3-11(21(25)26)5-10(12)6-17(13(20)9(2)27-8)14(22)18-16(24)19-15(17)23/h3-5,8-9,13H,6-7H2,1-2H3,(H2,18,19,22,23,24)/t8-,9-,13-/m1/s1. The van der Waals surface area contributed by atoms with Crippen LogP contribution in [0.3, 0.4) is 0 Å². The van der Waals surface area contributed by atoms with Gasteiger partial charge in [0.1, 0.15) is 0 Å². The summed E-state index contributed by atoms with van der Waals surface area (Å²) in [6, 6.07) is 2.92. The molecule has 0 aromatic heterocycles. The molecule has 3 atom stereocenters. The van der Waals surface area contributed by atoms with Gasteiger partial charge in [-0.1, -0.05) is 0 Å². The number of hydrogen-bond donors (Lipinski definition) is 2. The van der Waals surface area contributed by atoms with Crippen LogP contribution in [-0.4, -0.2) is 47.6 Å². The van der Waals surface area contributed by atoms with Gasteiger partial charge in [-0.3, -0.25) is 30.3 Å². The van der Waals surface area contributed by atoms with E-state index in [0.717, 1.165) is 5.69 Å². The molecule has 3 aliphatic rings. The van der Waals surface area contributed by atoms with E-state index in [1.165, 1.54) is 12.1 Å². The van der Waals surface area contributed by atoms with Crippen molar-refractivity contribution in [3.05, 3.63) is 33.9 Å². The summed E-state index contributed by atoms with van der Waals surface area (Å²) in [5, 5.41) is 15.5. The summed E-state index contributed by atoms with van der Waals surface area (Å²) in [5.74, 6) is -1.43. The molecule has 0 unspecified atom stereocenters. The van der Waals surface area contributed by atoms with Gasteiger partial charge < -0.3 is 9.64 Å². The van der Waals surface area contributed by atoms with Crippen molar-refractivity contribution >= 4 is 29.2 Å². The minimum absolute atomic E-state index is 0.0573. The van der Waals surface area contributed by atoms with Gasteiger partial charge in [-0.05, 0) is 25.5 Å². The zero-order valence-corrected chi connectivity index (χ0v) is 14.7. The number of barbiturate groups is 1. The maximum absolute atomic E-state index is 12.9. The number of nitro benzene ring substituents is 1. The molecule has 10 heteroatoms. The number of carbonyl (C=O) groups is 3. The van der Waals surface area contributed by atoms with Crippen molar-refractivity contribution in [2.24, 2.45) is 5.41 Å². The molecule has 2 N–H and O–H groups in total. The van der Waals surface area contributed by atoms with Crippen molar-refractivity contribution in [2.75, 3.05) is 11.4 Å². The summed E-state index contributed by atoms with van der Waals surface area (Å²) in [5.41, 5.74) is -0.489. The first-order valence-electron chi connectivity index (χ1n) is 8.60. The second-order valence-electron chi connectivity index (χ2n) is 7.20. The lowest BCUT2D eigenvalue weighted by molar-refractivity contribution is -0.384. The molecule has 0 saturated carbocycles. The minimum atomic E-state index is -1.62. The Morgan fingerprint density at radius 1 is 1.22 bits per heavy atom. The molecule has 2 fully saturated rings. The Morgan fingerprint density at radius 3 is 2.52 bits per heavy atom. The number of nitrogens with one attached hydrogen (secondary N) is 2. The third-order valence-electron chi connectivity index (χ3n) is 5.50. The molecular formula is C17H18N4O6. The van der Waals surface area contributed by atoms with Crippen molar-refractivity contribution in [2.45, 2.75) is 38.5 Å². The predicted octanol–water partition coefficient (Wildman–Crippen LogP) is 0.485. The zero-order chi connectivity index (χ0) is 19.5. The summed E-state index contributed by atoms with van der Waals surface area (Å²) in [6.45, 7) is 4.07. The number of imide groups is 2. The van der Waals surface area contributed by atoms with Crippen LogP contribution in [0.2, 0.25) is 0 Å². The van der Waals surface area contributed by atoms with Gasteiger partial charge in [-0.15, -0.1) is 0 Å². The van der Waals surface area contributed by atoms with E-state index in [9.17, 15) is 24.5 Å². The van der Waals surface area contributed by atoms with Crippen LogP contribution >= 0.6 is 0 Å². The largest absolute Gasteiger partial charge is 0.372 e. The summed E-state index contributed by atoms with van der Waals surface area (Å²) in [7, 11) is 0. The highest BCUT2D eigenvalue weighted by atomic mass is 16.6. The van der Waals surface area contributed by atoms with Crippen LogP contribution < -0.4 is 15.5 Å². The number of fused-ring (bicyclic) bond motifs is 4. The first-order valence-corrected chi connectivity index (χ1v) is 8.60. The molecule has 0 bridgehead atoms. The lowest BCUT2D eigenvalue weighted by atomic mass is 9.66. The van der Waals surface area contributed by atoms with E-state index in [1.807, 2.05) is 11.8 Å². The van der Waals surface area contributed by atoms with Gasteiger partial charge >= 0.3 is 6.03 Å². The van der Waals surface area contributed by atoms with Gasteiger partial charge in [0.05, 0.1) is 23.2 Å². The monoisotopic (exact) mass is 374 g/mol. The Morgan fingerprint density at radius 2 is 1.89 bits per heavy atom. The highest BCUT2D eigenvalue weighted by Gasteiger charge is 2.62. The summed E-state index contributed by atoms with van der Waals surface area (Å²) < 4.78 is 5.89. The van der Waals surface area contributed by atoms with E-state index < -0.39 is 40.3 Å². The Kier molecular flexibility index (Phi) is 3.70. The number of nitrogens with zero attached hydrogens (tertiary/aromatic N) is 2. The fourth-order valence-electron chi connectivity index (χ4n) is 4.55. The van der Waals surface area contributed by atoms with Crippen LogP contribution in [0, 0.1) is 15.5 Å². The first kappa shape index (κ1) is 17.4. The minimum Gasteiger partial charge on any atom is -0.372 e. The SMILES string of the molecule is C[C@@H]1CN2c3ccc([N+](=O)[O-])cc3CC3(C(=O)NC(=O)NC3=O)[C@H]2[C@@H](C)O1. The molecule has 27 heavy (non-hydrogen) atoms. The number of benzene rings is 1. The van der Waals surface area contributed by atoms with E-state index in [0.29, 0.717) is 12.1 Å². The smallest absolute Gasteiger partial charge is 0.328 e. The van der Waals surface area contributed by atoms with Crippen LogP contribution in [0.15, 0.2) is 18.2 Å². The molecule has 1 aromatic carbocycles. The molecule has 1 spiro atoms. The van der Waals surface area contributed by atoms with E-state index in [-0.39, 0.29) is 18.2 Å². The maximum Gasteiger partial charge on any atom is 0.328 e. The van der Waals surface area contributed by atoms with Gasteiger partial charge in [0.2, 0.25) is 11.8 Å². The lowest BCUT2D eigenvalue weighted by Gasteiger charge is -2.55. The average molecular weight is 374 g/mol. The lowest BCUT2D eigenvalue weighted by Crippen LogP contribution is -2.75. The molecule has 142 valence electrons. The summed E-state index contributed by atoms with van der Waals surface area (Å²) >= 11 is 0. The fourth-order valence-corrected chi connectivity index (χ4v) is 4.55. The molecule has 1 aromatic rings. The highest BCUT2D eigenvalue weighted by Crippen LogP contribution is 2.47. The Hall–Kier alpha value is -3.01. The van der Waals surface area contributed by atoms with E-state index >= 15 is 0 Å². The number of nitro groups is 1. The van der Waals surface area contributed by atoms with E-state index in [2.05, 4.69) is 10.6 Å². The average Bonchev–Trinajstić information content (AvgIpc) is 2.58. The third kappa shape index (κ3) is 2.40. The quantitative estimate of drug-likeness (QED) is 0.415. The van der Waals surface area contributed by atoms with Crippen molar-refractivity contribution in [3.8, 4) is 0 Å². The molecule has 4 rings (SSSR count). The van der Waals surface area contributed by atoms with Gasteiger partial charge in [-0.2, -0.15) is 0 Å². The maximum atomic E-state index is 12.9. The second kappa shape index (κ2) is 5.74. The van der Waals surface area contributed by atoms with Gasteiger partial charge in [-0.25, -0.2) is 4.79 Å². The van der Waals surface area contributed by atoms with E-state index in [1.54, 1.807) is 13.0 Å². The van der Waals surface area contributed by atoms with Gasteiger partial charge in [0, 0.05) is 30.8 Å². The molecule has 2 saturated heterocycles. The number of amides is 4. The summed E-state index contributed by atoms with van der Waals surface area (Å²) in [4.78, 5) is 49.9. The van der Waals surface area contributed by atoms with Crippen molar-refractivity contribution in [1.29, 1.82) is 0 Å². The third-order valence-corrected chi connectivity index (χ3v) is 5.50. The number of carbonyl (C=O) groups excluding carboxylic acids is 3.